The van der Waals surface area contributed by atoms with Gasteiger partial charge in [0.15, 0.2) is 0 Å². The highest BCUT2D eigenvalue weighted by molar-refractivity contribution is 5.75. The van der Waals surface area contributed by atoms with Crippen LogP contribution in [-0.4, -0.2) is 36.5 Å². The van der Waals surface area contributed by atoms with Gasteiger partial charge in [0.05, 0.1) is 6.61 Å². The van der Waals surface area contributed by atoms with Gasteiger partial charge in [0.1, 0.15) is 5.78 Å². The SMILES string of the molecule is CCC1C=C2CC2(C)C(C)=CN1CCCOCCC(C)=O. The average Bonchev–Trinajstić information content (AvgIpc) is 3.10. The second-order valence-corrected chi connectivity index (χ2v) is 6.64. The monoisotopic (exact) mass is 291 g/mol. The van der Waals surface area contributed by atoms with Gasteiger partial charge in [-0.2, -0.15) is 0 Å². The van der Waals surface area contributed by atoms with E-state index in [1.54, 1.807) is 12.5 Å². The zero-order valence-corrected chi connectivity index (χ0v) is 13.9. The third-order valence-electron chi connectivity index (χ3n) is 4.90. The minimum atomic E-state index is 0.200. The standard InChI is InChI=1S/C18H29NO2/c1-5-17-11-16-12-18(16,4)14(2)13-19(17)8-6-9-21-10-7-15(3)20/h11,13,17H,5-10,12H2,1-4H3. The van der Waals surface area contributed by atoms with Crippen LogP contribution in [0.15, 0.2) is 23.4 Å². The second kappa shape index (κ2) is 6.78. The Morgan fingerprint density at radius 3 is 2.90 bits per heavy atom. The van der Waals surface area contributed by atoms with Crippen molar-refractivity contribution in [2.75, 3.05) is 19.8 Å². The largest absolute Gasteiger partial charge is 0.381 e. The summed E-state index contributed by atoms with van der Waals surface area (Å²) in [5, 5.41) is 0. The Labute approximate surface area is 129 Å². The van der Waals surface area contributed by atoms with Crippen LogP contribution in [0.4, 0.5) is 0 Å². The number of carbonyl (C=O) groups is 1. The number of nitrogens with zero attached hydrogens (tertiary/aromatic N) is 1. The van der Waals surface area contributed by atoms with E-state index >= 15 is 0 Å². The Balaban J connectivity index is 1.80. The van der Waals surface area contributed by atoms with Crippen molar-refractivity contribution >= 4 is 5.78 Å². The smallest absolute Gasteiger partial charge is 0.132 e. The summed E-state index contributed by atoms with van der Waals surface area (Å²) in [6, 6.07) is 0.525. The molecular formula is C18H29NO2. The van der Waals surface area contributed by atoms with E-state index in [2.05, 4.69) is 37.9 Å². The molecule has 1 saturated carbocycles. The van der Waals surface area contributed by atoms with Gasteiger partial charge >= 0.3 is 0 Å². The summed E-state index contributed by atoms with van der Waals surface area (Å²) >= 11 is 0. The number of allylic oxidation sites excluding steroid dienone is 2. The van der Waals surface area contributed by atoms with Gasteiger partial charge in [-0.3, -0.25) is 4.79 Å². The molecule has 0 saturated heterocycles. The van der Waals surface area contributed by atoms with Gasteiger partial charge in [-0.15, -0.1) is 0 Å². The maximum Gasteiger partial charge on any atom is 0.132 e. The molecule has 0 radical (unpaired) electrons. The number of hydrogen-bond acceptors (Lipinski definition) is 3. The van der Waals surface area contributed by atoms with Gasteiger partial charge in [-0.1, -0.05) is 25.5 Å². The molecule has 118 valence electrons. The Morgan fingerprint density at radius 2 is 2.24 bits per heavy atom. The molecule has 0 spiro atoms. The molecule has 3 nitrogen and oxygen atoms in total. The summed E-state index contributed by atoms with van der Waals surface area (Å²) in [4.78, 5) is 13.3. The third-order valence-corrected chi connectivity index (χ3v) is 4.90. The van der Waals surface area contributed by atoms with Crippen molar-refractivity contribution in [1.29, 1.82) is 0 Å². The molecule has 0 aromatic rings. The predicted octanol–water partition coefficient (Wildman–Crippen LogP) is 3.71. The molecule has 0 bridgehead atoms. The zero-order valence-electron chi connectivity index (χ0n) is 13.9. The summed E-state index contributed by atoms with van der Waals surface area (Å²) in [7, 11) is 0. The number of carbonyl (C=O) groups excluding carboxylic acids is 1. The van der Waals surface area contributed by atoms with Crippen LogP contribution in [-0.2, 0) is 9.53 Å². The van der Waals surface area contributed by atoms with E-state index in [4.69, 9.17) is 4.74 Å². The van der Waals surface area contributed by atoms with Crippen LogP contribution in [0, 0.1) is 5.41 Å². The van der Waals surface area contributed by atoms with Gasteiger partial charge in [0.2, 0.25) is 0 Å². The summed E-state index contributed by atoms with van der Waals surface area (Å²) < 4.78 is 5.53. The fraction of sp³-hybridized carbons (Fsp3) is 0.722. The van der Waals surface area contributed by atoms with Gasteiger partial charge in [-0.05, 0) is 44.9 Å². The highest BCUT2D eigenvalue weighted by atomic mass is 16.5. The second-order valence-electron chi connectivity index (χ2n) is 6.64. The normalized spacial score (nSPS) is 27.6. The van der Waals surface area contributed by atoms with Gasteiger partial charge in [0.25, 0.3) is 0 Å². The summed E-state index contributed by atoms with van der Waals surface area (Å²) in [6.07, 6.45) is 8.77. The van der Waals surface area contributed by atoms with Crippen LogP contribution < -0.4 is 0 Å². The molecule has 1 aliphatic carbocycles. The van der Waals surface area contributed by atoms with Crippen LogP contribution >= 0.6 is 0 Å². The first-order valence-electron chi connectivity index (χ1n) is 8.20. The molecule has 1 aliphatic heterocycles. The van der Waals surface area contributed by atoms with Gasteiger partial charge in [-0.25, -0.2) is 0 Å². The molecule has 21 heavy (non-hydrogen) atoms. The Morgan fingerprint density at radius 1 is 1.48 bits per heavy atom. The summed E-state index contributed by atoms with van der Waals surface area (Å²) in [5.41, 5.74) is 3.45. The summed E-state index contributed by atoms with van der Waals surface area (Å²) in [5.74, 6) is 0.200. The molecule has 0 amide bonds. The van der Waals surface area contributed by atoms with E-state index < -0.39 is 0 Å². The van der Waals surface area contributed by atoms with E-state index in [0.29, 0.717) is 24.5 Å². The molecule has 2 unspecified atom stereocenters. The first-order valence-corrected chi connectivity index (χ1v) is 8.20. The minimum absolute atomic E-state index is 0.200. The lowest BCUT2D eigenvalue weighted by molar-refractivity contribution is -0.118. The molecule has 2 aliphatic rings. The van der Waals surface area contributed by atoms with Crippen LogP contribution in [0.1, 0.15) is 53.4 Å². The molecule has 0 aromatic carbocycles. The van der Waals surface area contributed by atoms with Crippen LogP contribution in [0.3, 0.4) is 0 Å². The minimum Gasteiger partial charge on any atom is -0.381 e. The maximum absolute atomic E-state index is 10.8. The number of hydrogen-bond donors (Lipinski definition) is 0. The van der Waals surface area contributed by atoms with E-state index in [-0.39, 0.29) is 5.78 Å². The maximum atomic E-state index is 10.8. The molecule has 3 heteroatoms. The van der Waals surface area contributed by atoms with Crippen LogP contribution in [0.2, 0.25) is 0 Å². The molecule has 0 aromatic heterocycles. The topological polar surface area (TPSA) is 29.5 Å². The number of fused-ring (bicyclic) bond motifs is 1. The van der Waals surface area contributed by atoms with Crippen molar-refractivity contribution in [2.45, 2.75) is 59.4 Å². The van der Waals surface area contributed by atoms with Gasteiger partial charge < -0.3 is 9.64 Å². The fourth-order valence-corrected chi connectivity index (χ4v) is 3.04. The zero-order chi connectivity index (χ0) is 15.5. The summed E-state index contributed by atoms with van der Waals surface area (Å²) in [6.45, 7) is 10.8. The number of Topliss-reactive ketones (excluding diaryl/α,β-unsaturated/α-hetero) is 1. The van der Waals surface area contributed by atoms with Crippen molar-refractivity contribution < 1.29 is 9.53 Å². The highest BCUT2D eigenvalue weighted by Crippen LogP contribution is 2.58. The Bertz CT molecular complexity index is 452. The van der Waals surface area contributed by atoms with Crippen molar-refractivity contribution in [1.82, 2.24) is 4.90 Å². The van der Waals surface area contributed by atoms with Crippen molar-refractivity contribution in [3.63, 3.8) is 0 Å². The van der Waals surface area contributed by atoms with Crippen molar-refractivity contribution in [2.24, 2.45) is 5.41 Å². The van der Waals surface area contributed by atoms with E-state index in [0.717, 1.165) is 26.0 Å². The number of ether oxygens (including phenoxy) is 1. The van der Waals surface area contributed by atoms with Crippen molar-refractivity contribution in [3.05, 3.63) is 23.4 Å². The Hall–Kier alpha value is -1.09. The first kappa shape index (κ1) is 16.3. The molecule has 2 atom stereocenters. The van der Waals surface area contributed by atoms with Crippen LogP contribution in [0.5, 0.6) is 0 Å². The number of rotatable bonds is 8. The van der Waals surface area contributed by atoms with Crippen LogP contribution in [0.25, 0.3) is 0 Å². The highest BCUT2D eigenvalue weighted by Gasteiger charge is 2.47. The lowest BCUT2D eigenvalue weighted by Crippen LogP contribution is -2.30. The van der Waals surface area contributed by atoms with E-state index in [1.165, 1.54) is 12.0 Å². The Kier molecular flexibility index (Phi) is 5.26. The molecule has 0 N–H and O–H groups in total. The lowest BCUT2D eigenvalue weighted by atomic mass is 10.00. The molecule has 1 fully saturated rings. The van der Waals surface area contributed by atoms with E-state index in [1.807, 2.05) is 0 Å². The molecular weight excluding hydrogens is 262 g/mol. The van der Waals surface area contributed by atoms with Gasteiger partial charge in [0, 0.05) is 31.0 Å². The molecule has 2 rings (SSSR count). The van der Waals surface area contributed by atoms with Crippen molar-refractivity contribution in [3.8, 4) is 0 Å². The fourth-order valence-electron chi connectivity index (χ4n) is 3.04. The predicted molar refractivity (Wildman–Crippen MR) is 86.1 cm³/mol. The molecule has 1 heterocycles. The third kappa shape index (κ3) is 3.97. The first-order chi connectivity index (χ1) is 9.97. The number of ketones is 1. The lowest BCUT2D eigenvalue weighted by Gasteiger charge is -2.28. The quantitative estimate of drug-likeness (QED) is 0.504. The van der Waals surface area contributed by atoms with E-state index in [9.17, 15) is 4.79 Å². The average molecular weight is 291 g/mol.